The van der Waals surface area contributed by atoms with Crippen LogP contribution >= 0.6 is 0 Å². The van der Waals surface area contributed by atoms with Gasteiger partial charge in [-0.05, 0) is 61.4 Å². The van der Waals surface area contributed by atoms with Crippen LogP contribution in [0.15, 0.2) is 48.8 Å². The van der Waals surface area contributed by atoms with E-state index in [1.165, 1.54) is 12.1 Å². The lowest BCUT2D eigenvalue weighted by Crippen LogP contribution is -2.30. The zero-order valence-corrected chi connectivity index (χ0v) is 15.6. The van der Waals surface area contributed by atoms with E-state index in [0.29, 0.717) is 5.69 Å². The Kier molecular flexibility index (Phi) is 5.63. The van der Waals surface area contributed by atoms with E-state index in [2.05, 4.69) is 26.1 Å². The topological polar surface area (TPSA) is 122 Å². The molecule has 0 fully saturated rings. The van der Waals surface area contributed by atoms with Crippen LogP contribution < -0.4 is 16.2 Å². The fraction of sp³-hybridized carbons (Fsp3) is 0.105. The lowest BCUT2D eigenvalue weighted by atomic mass is 10.1. The first kappa shape index (κ1) is 19.7. The van der Waals surface area contributed by atoms with Gasteiger partial charge in [0.15, 0.2) is 0 Å². The van der Waals surface area contributed by atoms with Crippen LogP contribution in [0.4, 0.5) is 27.4 Å². The highest BCUT2D eigenvalue weighted by Gasteiger charge is 2.24. The van der Waals surface area contributed by atoms with Crippen LogP contribution in [0.5, 0.6) is 0 Å². The van der Waals surface area contributed by atoms with Crippen LogP contribution in [-0.2, 0) is 0 Å². The monoisotopic (exact) mass is 396 g/mol. The molecule has 0 aliphatic carbocycles. The van der Waals surface area contributed by atoms with Crippen molar-refractivity contribution in [1.82, 2.24) is 15.4 Å². The fourth-order valence-electron chi connectivity index (χ4n) is 2.48. The standard InChI is InChI=1S/C19H17FN6O3/c1-11-3-8-15(9-12(11)2)23-17-16(26(28)29)18(22-10-21-17)24-25-19(27)13-4-6-14(20)7-5-13/h3-10H,1-2H3,(H,25,27)(H2,21,22,23,24). The first-order chi connectivity index (χ1) is 13.8. The van der Waals surface area contributed by atoms with Gasteiger partial charge >= 0.3 is 5.69 Å². The van der Waals surface area contributed by atoms with E-state index in [0.717, 1.165) is 29.6 Å². The largest absolute Gasteiger partial charge is 0.355 e. The number of carbonyl (C=O) groups is 1. The van der Waals surface area contributed by atoms with E-state index in [-0.39, 0.29) is 17.2 Å². The lowest BCUT2D eigenvalue weighted by Gasteiger charge is -2.11. The third kappa shape index (κ3) is 4.61. The number of nitrogens with one attached hydrogen (secondary N) is 3. The third-order valence-electron chi connectivity index (χ3n) is 4.18. The molecule has 2 aromatic carbocycles. The SMILES string of the molecule is Cc1ccc(Nc2ncnc(NNC(=O)c3ccc(F)cc3)c2[N+](=O)[O-])cc1C. The summed E-state index contributed by atoms with van der Waals surface area (Å²) < 4.78 is 13.0. The highest BCUT2D eigenvalue weighted by atomic mass is 19.1. The van der Waals surface area contributed by atoms with Crippen molar-refractivity contribution >= 4 is 28.9 Å². The highest BCUT2D eigenvalue weighted by molar-refractivity contribution is 5.95. The van der Waals surface area contributed by atoms with E-state index < -0.39 is 22.3 Å². The van der Waals surface area contributed by atoms with Gasteiger partial charge in [0.25, 0.3) is 5.91 Å². The maximum absolute atomic E-state index is 13.0. The molecular formula is C19H17FN6O3. The second-order valence-electron chi connectivity index (χ2n) is 6.19. The minimum Gasteiger partial charge on any atom is -0.334 e. The summed E-state index contributed by atoms with van der Waals surface area (Å²) in [6, 6.07) is 10.3. The Hall–Kier alpha value is -4.08. The Morgan fingerprint density at radius 2 is 1.72 bits per heavy atom. The first-order valence-electron chi connectivity index (χ1n) is 8.50. The molecule has 1 heterocycles. The van der Waals surface area contributed by atoms with Crippen LogP contribution in [-0.4, -0.2) is 20.8 Å². The number of benzene rings is 2. The third-order valence-corrected chi connectivity index (χ3v) is 4.18. The van der Waals surface area contributed by atoms with Crippen molar-refractivity contribution in [2.24, 2.45) is 0 Å². The molecule has 0 bridgehead atoms. The molecule has 29 heavy (non-hydrogen) atoms. The second kappa shape index (κ2) is 8.30. The Labute approximate surface area is 165 Å². The number of hydrogen-bond acceptors (Lipinski definition) is 7. The molecule has 0 atom stereocenters. The van der Waals surface area contributed by atoms with Crippen LogP contribution in [0, 0.1) is 29.8 Å². The van der Waals surface area contributed by atoms with Crippen LogP contribution in [0.3, 0.4) is 0 Å². The number of nitro groups is 1. The average Bonchev–Trinajstić information content (AvgIpc) is 2.69. The second-order valence-corrected chi connectivity index (χ2v) is 6.19. The molecule has 0 saturated carbocycles. The predicted molar refractivity (Wildman–Crippen MR) is 105 cm³/mol. The van der Waals surface area contributed by atoms with Crippen molar-refractivity contribution in [2.45, 2.75) is 13.8 Å². The van der Waals surface area contributed by atoms with Gasteiger partial charge in [0.1, 0.15) is 12.1 Å². The number of amides is 1. The van der Waals surface area contributed by atoms with Crippen LogP contribution in [0.25, 0.3) is 0 Å². The van der Waals surface area contributed by atoms with Crippen molar-refractivity contribution < 1.29 is 14.1 Å². The van der Waals surface area contributed by atoms with Crippen LogP contribution in [0.1, 0.15) is 21.5 Å². The molecule has 3 rings (SSSR count). The molecule has 148 valence electrons. The number of halogens is 1. The summed E-state index contributed by atoms with van der Waals surface area (Å²) in [7, 11) is 0. The maximum atomic E-state index is 13.0. The minimum absolute atomic E-state index is 0.0354. The molecule has 10 heteroatoms. The highest BCUT2D eigenvalue weighted by Crippen LogP contribution is 2.31. The number of anilines is 3. The van der Waals surface area contributed by atoms with Gasteiger partial charge in [0.2, 0.25) is 11.6 Å². The molecule has 9 nitrogen and oxygen atoms in total. The molecular weight excluding hydrogens is 379 g/mol. The van der Waals surface area contributed by atoms with Crippen molar-refractivity contribution in [3.05, 3.63) is 81.4 Å². The summed E-state index contributed by atoms with van der Waals surface area (Å²) in [6.45, 7) is 3.88. The number of aromatic nitrogens is 2. The van der Waals surface area contributed by atoms with Crippen molar-refractivity contribution in [3.63, 3.8) is 0 Å². The smallest absolute Gasteiger partial charge is 0.334 e. The van der Waals surface area contributed by atoms with Gasteiger partial charge in [-0.25, -0.2) is 14.4 Å². The summed E-state index contributed by atoms with van der Waals surface area (Å²) >= 11 is 0. The number of rotatable bonds is 6. The Balaban J connectivity index is 1.82. The Bertz CT molecular complexity index is 1070. The number of hydrogen-bond donors (Lipinski definition) is 3. The van der Waals surface area contributed by atoms with Crippen molar-refractivity contribution in [2.75, 3.05) is 10.7 Å². The average molecular weight is 396 g/mol. The molecule has 0 aliphatic heterocycles. The van der Waals surface area contributed by atoms with Gasteiger partial charge < -0.3 is 5.32 Å². The number of carbonyl (C=O) groups excluding carboxylic acids is 1. The Morgan fingerprint density at radius 3 is 2.38 bits per heavy atom. The molecule has 0 saturated heterocycles. The van der Waals surface area contributed by atoms with E-state index >= 15 is 0 Å². The molecule has 3 aromatic rings. The summed E-state index contributed by atoms with van der Waals surface area (Å²) in [5, 5.41) is 14.5. The quantitative estimate of drug-likeness (QED) is 0.429. The van der Waals surface area contributed by atoms with Crippen molar-refractivity contribution in [1.29, 1.82) is 0 Å². The molecule has 0 unspecified atom stereocenters. The van der Waals surface area contributed by atoms with E-state index in [1.807, 2.05) is 26.0 Å². The van der Waals surface area contributed by atoms with E-state index in [1.54, 1.807) is 6.07 Å². The number of hydrazine groups is 1. The summed E-state index contributed by atoms with van der Waals surface area (Å²) in [4.78, 5) is 30.9. The van der Waals surface area contributed by atoms with Gasteiger partial charge in [-0.15, -0.1) is 0 Å². The van der Waals surface area contributed by atoms with Gasteiger partial charge in [-0.2, -0.15) is 0 Å². The summed E-state index contributed by atoms with van der Waals surface area (Å²) in [5.74, 6) is -1.33. The first-order valence-corrected chi connectivity index (χ1v) is 8.50. The summed E-state index contributed by atoms with van der Waals surface area (Å²) in [6.07, 6.45) is 1.13. The molecule has 0 radical (unpaired) electrons. The number of nitrogens with zero attached hydrogens (tertiary/aromatic N) is 3. The van der Waals surface area contributed by atoms with E-state index in [9.17, 15) is 19.3 Å². The van der Waals surface area contributed by atoms with Gasteiger partial charge in [0.05, 0.1) is 4.92 Å². The molecule has 1 amide bonds. The van der Waals surface area contributed by atoms with Gasteiger partial charge in [0, 0.05) is 11.3 Å². The molecule has 1 aromatic heterocycles. The normalized spacial score (nSPS) is 10.3. The van der Waals surface area contributed by atoms with Gasteiger partial charge in [-0.1, -0.05) is 6.07 Å². The van der Waals surface area contributed by atoms with Gasteiger partial charge in [-0.3, -0.25) is 25.8 Å². The molecule has 0 aliphatic rings. The Morgan fingerprint density at radius 1 is 1.03 bits per heavy atom. The minimum atomic E-state index is -0.657. The fourth-order valence-corrected chi connectivity index (χ4v) is 2.48. The zero-order valence-electron chi connectivity index (χ0n) is 15.6. The van der Waals surface area contributed by atoms with E-state index in [4.69, 9.17) is 0 Å². The zero-order chi connectivity index (χ0) is 21.0. The van der Waals surface area contributed by atoms with Crippen LogP contribution in [0.2, 0.25) is 0 Å². The molecule has 0 spiro atoms. The number of aryl methyl sites for hydroxylation is 2. The maximum Gasteiger partial charge on any atom is 0.355 e. The lowest BCUT2D eigenvalue weighted by molar-refractivity contribution is -0.383. The summed E-state index contributed by atoms with van der Waals surface area (Å²) in [5.41, 5.74) is 7.18. The van der Waals surface area contributed by atoms with Crippen molar-refractivity contribution in [3.8, 4) is 0 Å². The molecule has 3 N–H and O–H groups in total. The predicted octanol–water partition coefficient (Wildman–Crippen LogP) is 3.64.